The van der Waals surface area contributed by atoms with E-state index < -0.39 is 22.0 Å². The summed E-state index contributed by atoms with van der Waals surface area (Å²) in [6, 6.07) is 11.5. The van der Waals surface area contributed by atoms with Gasteiger partial charge in [0.05, 0.1) is 26.2 Å². The molecule has 146 valence electrons. The van der Waals surface area contributed by atoms with Gasteiger partial charge in [-0.05, 0) is 44.0 Å². The van der Waals surface area contributed by atoms with Gasteiger partial charge in [-0.2, -0.15) is 0 Å². The van der Waals surface area contributed by atoms with Crippen LogP contribution in [0, 0.1) is 13.8 Å². The van der Waals surface area contributed by atoms with E-state index in [1.165, 1.54) is 13.2 Å². The first-order valence-electron chi connectivity index (χ1n) is 8.66. The number of ether oxygens (including phenoxy) is 2. The zero-order chi connectivity index (χ0) is 20.0. The van der Waals surface area contributed by atoms with Crippen molar-refractivity contribution in [2.75, 3.05) is 13.7 Å². The van der Waals surface area contributed by atoms with Crippen LogP contribution in [-0.4, -0.2) is 28.1 Å². The minimum absolute atomic E-state index is 0.0333. The Morgan fingerprint density at radius 3 is 2.30 bits per heavy atom. The summed E-state index contributed by atoms with van der Waals surface area (Å²) in [5, 5.41) is 0. The van der Waals surface area contributed by atoms with Crippen LogP contribution in [0.5, 0.6) is 5.75 Å². The fraction of sp³-hybridized carbons (Fsp3) is 0.350. The molecule has 0 saturated carbocycles. The lowest BCUT2D eigenvalue weighted by atomic mass is 10.0. The second kappa shape index (κ2) is 9.01. The number of carbonyl (C=O) groups is 1. The third kappa shape index (κ3) is 5.55. The standard InChI is InChI=1S/C20H25NO5S/c1-5-26-20(22)13-17(16-9-6-14(2)7-10-16)21-27(23,24)19-12-15(3)8-11-18(19)25-4/h6-12,17,21H,5,13H2,1-4H3. The largest absolute Gasteiger partial charge is 0.495 e. The third-order valence-electron chi connectivity index (χ3n) is 4.06. The van der Waals surface area contributed by atoms with E-state index in [9.17, 15) is 13.2 Å². The van der Waals surface area contributed by atoms with Crippen LogP contribution >= 0.6 is 0 Å². The summed E-state index contributed by atoms with van der Waals surface area (Å²) in [6.07, 6.45) is -0.107. The zero-order valence-corrected chi connectivity index (χ0v) is 16.8. The zero-order valence-electron chi connectivity index (χ0n) is 16.0. The number of benzene rings is 2. The second-order valence-corrected chi connectivity index (χ2v) is 7.93. The van der Waals surface area contributed by atoms with Crippen molar-refractivity contribution in [2.24, 2.45) is 0 Å². The molecule has 0 heterocycles. The Balaban J connectivity index is 2.39. The minimum Gasteiger partial charge on any atom is -0.495 e. The van der Waals surface area contributed by atoms with Gasteiger partial charge >= 0.3 is 5.97 Å². The summed E-state index contributed by atoms with van der Waals surface area (Å²) in [7, 11) is -2.51. The van der Waals surface area contributed by atoms with Gasteiger partial charge in [0.15, 0.2) is 0 Å². The Morgan fingerprint density at radius 1 is 1.07 bits per heavy atom. The number of hydrogen-bond acceptors (Lipinski definition) is 5. The first-order valence-corrected chi connectivity index (χ1v) is 10.1. The van der Waals surface area contributed by atoms with E-state index >= 15 is 0 Å². The molecule has 0 aliphatic rings. The monoisotopic (exact) mass is 391 g/mol. The summed E-state index contributed by atoms with van der Waals surface area (Å²) in [4.78, 5) is 12.0. The number of hydrogen-bond donors (Lipinski definition) is 1. The van der Waals surface area contributed by atoms with Crippen molar-refractivity contribution in [1.29, 1.82) is 0 Å². The first-order chi connectivity index (χ1) is 12.8. The van der Waals surface area contributed by atoms with Gasteiger partial charge in [-0.25, -0.2) is 13.1 Å². The molecular formula is C20H25NO5S. The van der Waals surface area contributed by atoms with Crippen LogP contribution in [0.15, 0.2) is 47.4 Å². The van der Waals surface area contributed by atoms with Crippen molar-refractivity contribution in [1.82, 2.24) is 4.72 Å². The number of aryl methyl sites for hydroxylation is 2. The van der Waals surface area contributed by atoms with Crippen LogP contribution in [-0.2, 0) is 19.6 Å². The number of esters is 1. The van der Waals surface area contributed by atoms with Crippen molar-refractivity contribution < 1.29 is 22.7 Å². The van der Waals surface area contributed by atoms with Gasteiger partial charge < -0.3 is 9.47 Å². The maximum absolute atomic E-state index is 13.0. The van der Waals surface area contributed by atoms with Crippen LogP contribution in [0.2, 0.25) is 0 Å². The summed E-state index contributed by atoms with van der Waals surface area (Å²) in [5.41, 5.74) is 2.51. The van der Waals surface area contributed by atoms with Gasteiger partial charge in [-0.3, -0.25) is 4.79 Å². The van der Waals surface area contributed by atoms with Gasteiger partial charge in [-0.1, -0.05) is 35.9 Å². The molecule has 0 bridgehead atoms. The minimum atomic E-state index is -3.93. The van der Waals surface area contributed by atoms with Crippen molar-refractivity contribution in [2.45, 2.75) is 38.1 Å². The highest BCUT2D eigenvalue weighted by Crippen LogP contribution is 2.27. The molecule has 0 spiro atoms. The highest BCUT2D eigenvalue weighted by atomic mass is 32.2. The van der Waals surface area contributed by atoms with Crippen molar-refractivity contribution in [3.63, 3.8) is 0 Å². The molecule has 1 unspecified atom stereocenters. The number of carbonyl (C=O) groups excluding carboxylic acids is 1. The molecule has 6 nitrogen and oxygen atoms in total. The molecular weight excluding hydrogens is 366 g/mol. The van der Waals surface area contributed by atoms with Crippen LogP contribution < -0.4 is 9.46 Å². The van der Waals surface area contributed by atoms with Gasteiger partial charge in [-0.15, -0.1) is 0 Å². The van der Waals surface area contributed by atoms with Gasteiger partial charge in [0.1, 0.15) is 10.6 Å². The number of rotatable bonds is 8. The molecule has 0 aromatic heterocycles. The molecule has 0 aliphatic carbocycles. The molecule has 2 aromatic carbocycles. The van der Waals surface area contributed by atoms with E-state index in [0.29, 0.717) is 5.56 Å². The quantitative estimate of drug-likeness (QED) is 0.699. The van der Waals surface area contributed by atoms with Crippen molar-refractivity contribution >= 4 is 16.0 Å². The fourth-order valence-electron chi connectivity index (χ4n) is 2.66. The number of nitrogens with one attached hydrogen (secondary N) is 1. The Labute approximate surface area is 160 Å². The first kappa shape index (κ1) is 20.9. The molecule has 0 fully saturated rings. The predicted molar refractivity (Wildman–Crippen MR) is 103 cm³/mol. The predicted octanol–water partition coefficient (Wildman–Crippen LogP) is 3.28. The Kier molecular flexibility index (Phi) is 6.98. The molecule has 0 amide bonds. The third-order valence-corrected chi connectivity index (χ3v) is 5.55. The average molecular weight is 391 g/mol. The normalized spacial score (nSPS) is 12.4. The highest BCUT2D eigenvalue weighted by molar-refractivity contribution is 7.89. The summed E-state index contributed by atoms with van der Waals surface area (Å²) >= 11 is 0. The summed E-state index contributed by atoms with van der Waals surface area (Å²) in [5.74, 6) is -0.228. The van der Waals surface area contributed by atoms with Gasteiger partial charge in [0.2, 0.25) is 10.0 Å². The topological polar surface area (TPSA) is 81.7 Å². The maximum Gasteiger partial charge on any atom is 0.307 e. The van der Waals surface area contributed by atoms with Crippen LogP contribution in [0.1, 0.15) is 36.1 Å². The lowest BCUT2D eigenvalue weighted by Crippen LogP contribution is -2.31. The van der Waals surface area contributed by atoms with E-state index in [-0.39, 0.29) is 23.7 Å². The van der Waals surface area contributed by atoms with Gasteiger partial charge in [0.25, 0.3) is 0 Å². The number of methoxy groups -OCH3 is 1. The fourth-order valence-corrected chi connectivity index (χ4v) is 4.14. The molecule has 2 aromatic rings. The van der Waals surface area contributed by atoms with Crippen LogP contribution in [0.25, 0.3) is 0 Å². The summed E-state index contributed by atoms with van der Waals surface area (Å²) in [6.45, 7) is 5.68. The second-order valence-electron chi connectivity index (χ2n) is 6.25. The average Bonchev–Trinajstić information content (AvgIpc) is 2.62. The molecule has 7 heteroatoms. The van der Waals surface area contributed by atoms with Crippen LogP contribution in [0.3, 0.4) is 0 Å². The molecule has 0 aliphatic heterocycles. The highest BCUT2D eigenvalue weighted by Gasteiger charge is 2.26. The molecule has 0 saturated heterocycles. The van der Waals surface area contributed by atoms with Gasteiger partial charge in [0, 0.05) is 0 Å². The molecule has 1 atom stereocenters. The number of sulfonamides is 1. The Hall–Kier alpha value is -2.38. The maximum atomic E-state index is 13.0. The van der Waals surface area contributed by atoms with Crippen molar-refractivity contribution in [3.05, 3.63) is 59.2 Å². The van der Waals surface area contributed by atoms with E-state index in [1.54, 1.807) is 38.1 Å². The lowest BCUT2D eigenvalue weighted by Gasteiger charge is -2.20. The molecule has 27 heavy (non-hydrogen) atoms. The van der Waals surface area contributed by atoms with E-state index in [4.69, 9.17) is 9.47 Å². The molecule has 2 rings (SSSR count). The smallest absolute Gasteiger partial charge is 0.307 e. The molecule has 1 N–H and O–H groups in total. The molecule has 0 radical (unpaired) electrons. The Morgan fingerprint density at radius 2 is 1.70 bits per heavy atom. The van der Waals surface area contributed by atoms with E-state index in [2.05, 4.69) is 4.72 Å². The SMILES string of the molecule is CCOC(=O)CC(NS(=O)(=O)c1cc(C)ccc1OC)c1ccc(C)cc1. The summed E-state index contributed by atoms with van der Waals surface area (Å²) < 4.78 is 38.9. The Bertz CT molecular complexity index is 891. The van der Waals surface area contributed by atoms with Crippen LogP contribution in [0.4, 0.5) is 0 Å². The van der Waals surface area contributed by atoms with Crippen molar-refractivity contribution in [3.8, 4) is 5.75 Å². The van der Waals surface area contributed by atoms with E-state index in [0.717, 1.165) is 11.1 Å². The lowest BCUT2D eigenvalue weighted by molar-refractivity contribution is -0.143. The van der Waals surface area contributed by atoms with E-state index in [1.807, 2.05) is 19.1 Å².